The molecule has 0 amide bonds. The van der Waals surface area contributed by atoms with Gasteiger partial charge in [-0.1, -0.05) is 184 Å². The molecule has 0 bridgehead atoms. The molecule has 10 rings (SSSR count). The van der Waals surface area contributed by atoms with Gasteiger partial charge in [0.1, 0.15) is 11.5 Å². The summed E-state index contributed by atoms with van der Waals surface area (Å²) in [5.41, 5.74) is 16.2. The zero-order valence-corrected chi connectivity index (χ0v) is 34.6. The van der Waals surface area contributed by atoms with Crippen LogP contribution in [0.15, 0.2) is 231 Å². The van der Waals surface area contributed by atoms with Crippen LogP contribution < -0.4 is 9.64 Å². The summed E-state index contributed by atoms with van der Waals surface area (Å²) in [6.45, 7) is 4.50. The molecule has 2 atom stereocenters. The Balaban J connectivity index is 1.11. The zero-order chi connectivity index (χ0) is 41.2. The van der Waals surface area contributed by atoms with Crippen molar-refractivity contribution in [2.75, 3.05) is 4.90 Å². The molecule has 0 radical (unpaired) electrons. The maximum Gasteiger partial charge on any atom is 0.127 e. The standard InChI is InChI=1S/C59H47NO/c1-3-42(2)43-27-36-53(37-28-43)61-54-38-29-49(30-39-54)59(48-19-11-6-12-20-48)57-22-14-13-21-55(57)56-40-35-52(41-58(56)59)60(50-31-23-46(24-32-50)44-15-7-4-8-16-44)51-33-25-47(26-34-51)45-17-9-5-10-18-45/h4-42H,3H2,1-2H3. The quantitative estimate of drug-likeness (QED) is 0.129. The molecule has 0 heterocycles. The van der Waals surface area contributed by atoms with Crippen LogP contribution >= 0.6 is 0 Å². The number of fused-ring (bicyclic) bond motifs is 3. The lowest BCUT2D eigenvalue weighted by molar-refractivity contribution is 0.481. The van der Waals surface area contributed by atoms with Crippen LogP contribution in [0.4, 0.5) is 17.1 Å². The van der Waals surface area contributed by atoms with Gasteiger partial charge in [0, 0.05) is 17.1 Å². The molecule has 2 nitrogen and oxygen atoms in total. The first-order valence-corrected chi connectivity index (χ1v) is 21.4. The van der Waals surface area contributed by atoms with Crippen molar-refractivity contribution in [2.45, 2.75) is 31.6 Å². The first kappa shape index (κ1) is 37.8. The SMILES string of the molecule is CCC(C)c1ccc(Oc2ccc(C3(c4ccccc4)c4ccccc4-c4ccc(N(c5ccc(-c6ccccc6)cc5)c5ccc(-c6ccccc6)cc5)cc43)cc2)cc1. The average Bonchev–Trinajstić information content (AvgIpc) is 3.63. The number of ether oxygens (including phenoxy) is 1. The van der Waals surface area contributed by atoms with E-state index in [0.29, 0.717) is 5.92 Å². The third-order valence-electron chi connectivity index (χ3n) is 12.5. The van der Waals surface area contributed by atoms with Gasteiger partial charge < -0.3 is 9.64 Å². The second kappa shape index (κ2) is 16.3. The predicted molar refractivity (Wildman–Crippen MR) is 255 cm³/mol. The Morgan fingerprint density at radius 3 is 1.41 bits per heavy atom. The molecule has 2 heteroatoms. The van der Waals surface area contributed by atoms with Crippen LogP contribution in [0.1, 0.15) is 54.0 Å². The van der Waals surface area contributed by atoms with Gasteiger partial charge in [0.2, 0.25) is 0 Å². The molecular weight excluding hydrogens is 739 g/mol. The lowest BCUT2D eigenvalue weighted by Crippen LogP contribution is -2.28. The van der Waals surface area contributed by atoms with E-state index in [1.54, 1.807) is 0 Å². The second-order valence-corrected chi connectivity index (χ2v) is 16.1. The number of rotatable bonds is 11. The normalized spacial score (nSPS) is 14.5. The van der Waals surface area contributed by atoms with Crippen LogP contribution in [0.2, 0.25) is 0 Å². The minimum atomic E-state index is -0.584. The molecule has 61 heavy (non-hydrogen) atoms. The molecule has 1 aliphatic rings. The number of hydrogen-bond acceptors (Lipinski definition) is 2. The molecule has 0 aromatic heterocycles. The Labute approximate surface area is 360 Å². The summed E-state index contributed by atoms with van der Waals surface area (Å²) in [6, 6.07) is 83.4. The molecule has 9 aromatic rings. The largest absolute Gasteiger partial charge is 0.457 e. The molecule has 0 N–H and O–H groups in total. The number of benzene rings is 9. The molecule has 1 aliphatic carbocycles. The lowest BCUT2D eigenvalue weighted by atomic mass is 9.67. The summed E-state index contributed by atoms with van der Waals surface area (Å²) < 4.78 is 6.46. The smallest absolute Gasteiger partial charge is 0.127 e. The Bertz CT molecular complexity index is 2800. The van der Waals surface area contributed by atoms with Crippen molar-refractivity contribution in [3.8, 4) is 44.9 Å². The van der Waals surface area contributed by atoms with Gasteiger partial charge in [-0.05, 0) is 134 Å². The van der Waals surface area contributed by atoms with E-state index in [1.807, 2.05) is 0 Å². The van der Waals surface area contributed by atoms with Crippen molar-refractivity contribution in [1.82, 2.24) is 0 Å². The fraction of sp³-hybridized carbons (Fsp3) is 0.0847. The summed E-state index contributed by atoms with van der Waals surface area (Å²) >= 11 is 0. The van der Waals surface area contributed by atoms with E-state index in [-0.39, 0.29) is 0 Å². The minimum Gasteiger partial charge on any atom is -0.457 e. The summed E-state index contributed by atoms with van der Waals surface area (Å²) in [6.07, 6.45) is 1.11. The first-order chi connectivity index (χ1) is 30.1. The molecule has 2 unspecified atom stereocenters. The zero-order valence-electron chi connectivity index (χ0n) is 34.6. The van der Waals surface area contributed by atoms with Crippen LogP contribution in [-0.2, 0) is 5.41 Å². The Kier molecular flexibility index (Phi) is 10.1. The van der Waals surface area contributed by atoms with Crippen molar-refractivity contribution in [2.24, 2.45) is 0 Å². The van der Waals surface area contributed by atoms with Gasteiger partial charge in [-0.15, -0.1) is 0 Å². The topological polar surface area (TPSA) is 12.5 Å². The molecule has 0 aliphatic heterocycles. The van der Waals surface area contributed by atoms with E-state index in [9.17, 15) is 0 Å². The molecule has 0 saturated heterocycles. The maximum atomic E-state index is 6.46. The van der Waals surface area contributed by atoms with Gasteiger partial charge in [-0.25, -0.2) is 0 Å². The highest BCUT2D eigenvalue weighted by molar-refractivity contribution is 5.90. The van der Waals surface area contributed by atoms with E-state index in [1.165, 1.54) is 61.2 Å². The van der Waals surface area contributed by atoms with Crippen LogP contribution in [0, 0.1) is 0 Å². The lowest BCUT2D eigenvalue weighted by Gasteiger charge is -2.35. The number of anilines is 3. The van der Waals surface area contributed by atoms with Crippen molar-refractivity contribution in [3.63, 3.8) is 0 Å². The van der Waals surface area contributed by atoms with E-state index < -0.39 is 5.41 Å². The van der Waals surface area contributed by atoms with Gasteiger partial charge >= 0.3 is 0 Å². The van der Waals surface area contributed by atoms with Gasteiger partial charge in [-0.2, -0.15) is 0 Å². The summed E-state index contributed by atoms with van der Waals surface area (Å²) in [5, 5.41) is 0. The summed E-state index contributed by atoms with van der Waals surface area (Å²) in [7, 11) is 0. The van der Waals surface area contributed by atoms with E-state index in [0.717, 1.165) is 35.0 Å². The van der Waals surface area contributed by atoms with Crippen LogP contribution in [0.25, 0.3) is 33.4 Å². The van der Waals surface area contributed by atoms with Gasteiger partial charge in [0.15, 0.2) is 0 Å². The van der Waals surface area contributed by atoms with E-state index in [2.05, 4.69) is 249 Å². The van der Waals surface area contributed by atoms with Crippen LogP contribution in [0.3, 0.4) is 0 Å². The van der Waals surface area contributed by atoms with Crippen molar-refractivity contribution < 1.29 is 4.74 Å². The minimum absolute atomic E-state index is 0.521. The van der Waals surface area contributed by atoms with Crippen molar-refractivity contribution in [3.05, 3.63) is 258 Å². The highest BCUT2D eigenvalue weighted by atomic mass is 16.5. The predicted octanol–water partition coefficient (Wildman–Crippen LogP) is 16.2. The Hall–Kier alpha value is -7.42. The van der Waals surface area contributed by atoms with Gasteiger partial charge in [0.25, 0.3) is 0 Å². The maximum absolute atomic E-state index is 6.46. The second-order valence-electron chi connectivity index (χ2n) is 16.1. The third-order valence-corrected chi connectivity index (χ3v) is 12.5. The molecular formula is C59H47NO. The van der Waals surface area contributed by atoms with E-state index >= 15 is 0 Å². The summed E-state index contributed by atoms with van der Waals surface area (Å²) in [5.74, 6) is 2.17. The van der Waals surface area contributed by atoms with Gasteiger partial charge in [-0.3, -0.25) is 0 Å². The summed E-state index contributed by atoms with van der Waals surface area (Å²) in [4.78, 5) is 2.39. The molecule has 0 spiro atoms. The van der Waals surface area contributed by atoms with Crippen LogP contribution in [0.5, 0.6) is 11.5 Å². The molecule has 0 saturated carbocycles. The van der Waals surface area contributed by atoms with Crippen molar-refractivity contribution in [1.29, 1.82) is 0 Å². The Morgan fingerprint density at radius 1 is 0.410 bits per heavy atom. The highest BCUT2D eigenvalue weighted by Gasteiger charge is 2.46. The fourth-order valence-electron chi connectivity index (χ4n) is 9.21. The number of hydrogen-bond donors (Lipinski definition) is 0. The molecule has 294 valence electrons. The number of nitrogens with zero attached hydrogens (tertiary/aromatic N) is 1. The Morgan fingerprint density at radius 2 is 0.852 bits per heavy atom. The van der Waals surface area contributed by atoms with E-state index in [4.69, 9.17) is 4.74 Å². The average molecular weight is 786 g/mol. The van der Waals surface area contributed by atoms with Crippen molar-refractivity contribution >= 4 is 17.1 Å². The highest BCUT2D eigenvalue weighted by Crippen LogP contribution is 2.57. The fourth-order valence-corrected chi connectivity index (χ4v) is 9.21. The third kappa shape index (κ3) is 7.00. The molecule has 0 fully saturated rings. The van der Waals surface area contributed by atoms with Gasteiger partial charge in [0.05, 0.1) is 5.41 Å². The van der Waals surface area contributed by atoms with Crippen LogP contribution in [-0.4, -0.2) is 0 Å². The molecule has 9 aromatic carbocycles. The monoisotopic (exact) mass is 785 g/mol. The first-order valence-electron chi connectivity index (χ1n) is 21.4.